The molecule has 196 valence electrons. The van der Waals surface area contributed by atoms with Crippen molar-refractivity contribution in [3.63, 3.8) is 0 Å². The number of hydrogen-bond donors (Lipinski definition) is 2. The molecule has 0 saturated carbocycles. The van der Waals surface area contributed by atoms with E-state index in [9.17, 15) is 18.0 Å². The molecule has 1 aliphatic heterocycles. The number of alkyl halides is 2. The summed E-state index contributed by atoms with van der Waals surface area (Å²) in [5, 5.41) is 6.17. The van der Waals surface area contributed by atoms with Crippen LogP contribution in [0.3, 0.4) is 0 Å². The van der Waals surface area contributed by atoms with Crippen molar-refractivity contribution < 1.29 is 22.7 Å². The number of ether oxygens (including phenoxy) is 1. The topological polar surface area (TPSA) is 79.4 Å². The van der Waals surface area contributed by atoms with Gasteiger partial charge in [0.1, 0.15) is 30.3 Å². The molecule has 11 heteroatoms. The van der Waals surface area contributed by atoms with Gasteiger partial charge in [0.25, 0.3) is 6.43 Å². The average Bonchev–Trinajstić information content (AvgIpc) is 2.88. The normalized spacial score (nSPS) is 14.4. The first-order chi connectivity index (χ1) is 17.9. The van der Waals surface area contributed by atoms with Gasteiger partial charge in [-0.1, -0.05) is 24.1 Å². The molecule has 0 atom stereocenters. The largest absolute Gasteiger partial charge is 0.485 e. The van der Waals surface area contributed by atoms with Crippen LogP contribution in [0.1, 0.15) is 25.7 Å². The van der Waals surface area contributed by atoms with Crippen LogP contribution in [0.15, 0.2) is 48.8 Å². The van der Waals surface area contributed by atoms with E-state index in [2.05, 4.69) is 25.5 Å². The fraction of sp³-hybridized carbons (Fsp3) is 0.346. The summed E-state index contributed by atoms with van der Waals surface area (Å²) in [6, 6.07) is 7.11. The van der Waals surface area contributed by atoms with E-state index in [0.29, 0.717) is 22.4 Å². The maximum Gasteiger partial charge on any atom is 0.272 e. The molecule has 0 bridgehead atoms. The fourth-order valence-electron chi connectivity index (χ4n) is 4.07. The standard InChI is InChI=1S/C26H27ClF3N5O2/c27-19-12-17(7-8-20(19)28)33-26-18-13-22(23(37-15-24(29)30)14-21(18)31-16-32-26)34-25(36)6-2-5-11-35-9-3-1-4-10-35/h2,6-8,12-14,16,24H,1,3-5,9-11,15H2,(H,34,36)(H,31,32,33). The second-order valence-electron chi connectivity index (χ2n) is 8.63. The molecule has 2 heterocycles. The van der Waals surface area contributed by atoms with E-state index in [1.807, 2.05) is 0 Å². The lowest BCUT2D eigenvalue weighted by Crippen LogP contribution is -2.30. The summed E-state index contributed by atoms with van der Waals surface area (Å²) in [7, 11) is 0. The molecule has 1 amide bonds. The number of halogens is 4. The molecule has 3 aromatic rings. The Morgan fingerprint density at radius 3 is 2.73 bits per heavy atom. The third-order valence-corrected chi connectivity index (χ3v) is 6.16. The number of aromatic nitrogens is 2. The molecule has 0 spiro atoms. The Kier molecular flexibility index (Phi) is 9.19. The summed E-state index contributed by atoms with van der Waals surface area (Å²) in [5.74, 6) is -0.580. The number of benzene rings is 2. The number of amides is 1. The number of likely N-dealkylation sites (tertiary alicyclic amines) is 1. The van der Waals surface area contributed by atoms with Gasteiger partial charge < -0.3 is 20.3 Å². The fourth-order valence-corrected chi connectivity index (χ4v) is 4.25. The predicted molar refractivity (Wildman–Crippen MR) is 138 cm³/mol. The molecular weight excluding hydrogens is 507 g/mol. The Balaban J connectivity index is 1.54. The number of piperidine rings is 1. The number of nitrogens with one attached hydrogen (secondary N) is 2. The molecule has 0 aliphatic carbocycles. The summed E-state index contributed by atoms with van der Waals surface area (Å²) < 4.78 is 44.5. The van der Waals surface area contributed by atoms with Crippen LogP contribution in [0.25, 0.3) is 10.9 Å². The van der Waals surface area contributed by atoms with Gasteiger partial charge in [0.2, 0.25) is 5.91 Å². The van der Waals surface area contributed by atoms with Crippen molar-refractivity contribution in [1.82, 2.24) is 14.9 Å². The first-order valence-corrected chi connectivity index (χ1v) is 12.4. The van der Waals surface area contributed by atoms with Crippen LogP contribution < -0.4 is 15.4 Å². The van der Waals surface area contributed by atoms with Crippen LogP contribution in [-0.2, 0) is 4.79 Å². The Labute approximate surface area is 217 Å². The molecule has 1 aromatic heterocycles. The van der Waals surface area contributed by atoms with Gasteiger partial charge in [-0.25, -0.2) is 23.1 Å². The number of fused-ring (bicyclic) bond motifs is 1. The first kappa shape index (κ1) is 26.7. The van der Waals surface area contributed by atoms with E-state index in [1.165, 1.54) is 55.9 Å². The first-order valence-electron chi connectivity index (χ1n) is 12.0. The van der Waals surface area contributed by atoms with Crippen LogP contribution in [0, 0.1) is 5.82 Å². The Bertz CT molecular complexity index is 1270. The molecule has 0 radical (unpaired) electrons. The van der Waals surface area contributed by atoms with Crippen LogP contribution in [0.5, 0.6) is 5.75 Å². The number of hydrogen-bond acceptors (Lipinski definition) is 6. The monoisotopic (exact) mass is 533 g/mol. The maximum atomic E-state index is 13.5. The summed E-state index contributed by atoms with van der Waals surface area (Å²) in [5.41, 5.74) is 1.06. The van der Waals surface area contributed by atoms with E-state index in [0.717, 1.165) is 26.1 Å². The minimum Gasteiger partial charge on any atom is -0.485 e. The van der Waals surface area contributed by atoms with Crippen LogP contribution >= 0.6 is 11.6 Å². The van der Waals surface area contributed by atoms with Gasteiger partial charge in [-0.2, -0.15) is 0 Å². The number of carbonyl (C=O) groups is 1. The number of rotatable bonds is 10. The van der Waals surface area contributed by atoms with Crippen molar-refractivity contribution in [2.75, 3.05) is 36.9 Å². The van der Waals surface area contributed by atoms with Gasteiger partial charge in [0.15, 0.2) is 0 Å². The highest BCUT2D eigenvalue weighted by atomic mass is 35.5. The van der Waals surface area contributed by atoms with Gasteiger partial charge in [0.05, 0.1) is 16.2 Å². The molecule has 1 saturated heterocycles. The zero-order chi connectivity index (χ0) is 26.2. The van der Waals surface area contributed by atoms with E-state index in [1.54, 1.807) is 12.1 Å². The molecule has 0 unspecified atom stereocenters. The van der Waals surface area contributed by atoms with E-state index >= 15 is 0 Å². The van der Waals surface area contributed by atoms with E-state index in [4.69, 9.17) is 16.3 Å². The lowest BCUT2D eigenvalue weighted by molar-refractivity contribution is -0.111. The SMILES string of the molecule is O=C(C=CCCN1CCCCC1)Nc1cc2c(Nc3ccc(F)c(Cl)c3)ncnc2cc1OCC(F)F. The molecule has 1 fully saturated rings. The van der Waals surface area contributed by atoms with Crippen molar-refractivity contribution in [1.29, 1.82) is 0 Å². The van der Waals surface area contributed by atoms with E-state index < -0.39 is 24.8 Å². The highest BCUT2D eigenvalue weighted by Gasteiger charge is 2.15. The van der Waals surface area contributed by atoms with Crippen molar-refractivity contribution in [2.24, 2.45) is 0 Å². The highest BCUT2D eigenvalue weighted by molar-refractivity contribution is 6.31. The van der Waals surface area contributed by atoms with Crippen molar-refractivity contribution in [3.05, 3.63) is 59.7 Å². The van der Waals surface area contributed by atoms with Crippen LogP contribution in [0.2, 0.25) is 5.02 Å². The number of nitrogens with zero attached hydrogens (tertiary/aromatic N) is 3. The third-order valence-electron chi connectivity index (χ3n) is 5.87. The average molecular weight is 534 g/mol. The minimum atomic E-state index is -2.69. The van der Waals surface area contributed by atoms with Crippen molar-refractivity contribution in [3.8, 4) is 5.75 Å². The molecular formula is C26H27ClF3N5O2. The van der Waals surface area contributed by atoms with Crippen molar-refractivity contribution >= 4 is 45.6 Å². The minimum absolute atomic E-state index is 0.0531. The molecule has 2 N–H and O–H groups in total. The zero-order valence-corrected chi connectivity index (χ0v) is 20.8. The van der Waals surface area contributed by atoms with Gasteiger partial charge in [-0.15, -0.1) is 0 Å². The second kappa shape index (κ2) is 12.7. The van der Waals surface area contributed by atoms with Gasteiger partial charge in [-0.3, -0.25) is 4.79 Å². The predicted octanol–water partition coefficient (Wildman–Crippen LogP) is 6.18. The second-order valence-corrected chi connectivity index (χ2v) is 9.03. The Morgan fingerprint density at radius 2 is 1.97 bits per heavy atom. The summed E-state index contributed by atoms with van der Waals surface area (Å²) >= 11 is 5.88. The van der Waals surface area contributed by atoms with Gasteiger partial charge in [-0.05, 0) is 62.7 Å². The smallest absolute Gasteiger partial charge is 0.272 e. The summed E-state index contributed by atoms with van der Waals surface area (Å²) in [4.78, 5) is 23.4. The third kappa shape index (κ3) is 7.56. The Morgan fingerprint density at radius 1 is 1.16 bits per heavy atom. The molecule has 7 nitrogen and oxygen atoms in total. The summed E-state index contributed by atoms with van der Waals surface area (Å²) in [6.45, 7) is 2.18. The molecule has 1 aliphatic rings. The number of anilines is 3. The summed E-state index contributed by atoms with van der Waals surface area (Å²) in [6.07, 6.45) is 6.18. The maximum absolute atomic E-state index is 13.5. The van der Waals surface area contributed by atoms with Crippen LogP contribution in [-0.4, -0.2) is 53.4 Å². The molecule has 2 aromatic carbocycles. The molecule has 37 heavy (non-hydrogen) atoms. The van der Waals surface area contributed by atoms with E-state index in [-0.39, 0.29) is 16.5 Å². The molecule has 4 rings (SSSR count). The van der Waals surface area contributed by atoms with Crippen molar-refractivity contribution in [2.45, 2.75) is 32.1 Å². The highest BCUT2D eigenvalue weighted by Crippen LogP contribution is 2.34. The van der Waals surface area contributed by atoms with Crippen LogP contribution in [0.4, 0.5) is 30.4 Å². The quantitative estimate of drug-likeness (QED) is 0.303. The van der Waals surface area contributed by atoms with Gasteiger partial charge in [0, 0.05) is 23.7 Å². The lowest BCUT2D eigenvalue weighted by atomic mass is 10.1. The lowest BCUT2D eigenvalue weighted by Gasteiger charge is -2.25. The van der Waals surface area contributed by atoms with Gasteiger partial charge >= 0.3 is 0 Å². The Hall–Kier alpha value is -3.37. The zero-order valence-electron chi connectivity index (χ0n) is 20.0. The number of carbonyl (C=O) groups excluding carboxylic acids is 1.